The first-order valence-electron chi connectivity index (χ1n) is 8.52. The van der Waals surface area contributed by atoms with E-state index < -0.39 is 0 Å². The molecule has 3 heterocycles. The highest BCUT2D eigenvalue weighted by Crippen LogP contribution is 2.41. The van der Waals surface area contributed by atoms with Gasteiger partial charge in [-0.3, -0.25) is 0 Å². The van der Waals surface area contributed by atoms with E-state index in [-0.39, 0.29) is 5.41 Å². The number of fused-ring (bicyclic) bond motifs is 1. The number of anilines is 1. The number of hydrogen-bond acceptors (Lipinski definition) is 6. The van der Waals surface area contributed by atoms with Crippen LogP contribution in [0.2, 0.25) is 5.02 Å². The molecular formula is C18H20ClN5O2. The van der Waals surface area contributed by atoms with E-state index >= 15 is 0 Å². The van der Waals surface area contributed by atoms with Crippen LogP contribution < -0.4 is 10.1 Å². The van der Waals surface area contributed by atoms with Crippen LogP contribution in [0.15, 0.2) is 30.9 Å². The van der Waals surface area contributed by atoms with Gasteiger partial charge in [-0.2, -0.15) is 0 Å². The molecule has 0 spiro atoms. The Morgan fingerprint density at radius 2 is 2.12 bits per heavy atom. The predicted molar refractivity (Wildman–Crippen MR) is 99.9 cm³/mol. The molecule has 1 fully saturated rings. The number of imidazole rings is 1. The summed E-state index contributed by atoms with van der Waals surface area (Å²) < 4.78 is 11.2. The van der Waals surface area contributed by atoms with Crippen LogP contribution in [0.1, 0.15) is 18.4 Å². The number of hydrogen-bond donors (Lipinski definition) is 2. The van der Waals surface area contributed by atoms with Crippen LogP contribution in [0.3, 0.4) is 0 Å². The normalized spacial score (nSPS) is 16.5. The van der Waals surface area contributed by atoms with Crippen LogP contribution in [0.25, 0.3) is 11.2 Å². The Bertz CT molecular complexity index is 907. The maximum atomic E-state index is 6.29. The molecule has 1 aliphatic heterocycles. The van der Waals surface area contributed by atoms with Crippen molar-refractivity contribution < 1.29 is 9.47 Å². The smallest absolute Gasteiger partial charge is 0.182 e. The fraction of sp³-hybridized carbons (Fsp3) is 0.389. The minimum absolute atomic E-state index is 0.161. The van der Waals surface area contributed by atoms with Crippen molar-refractivity contribution in [1.82, 2.24) is 19.9 Å². The number of nitrogens with zero attached hydrogens (tertiary/aromatic N) is 3. The summed E-state index contributed by atoms with van der Waals surface area (Å²) in [7, 11) is 1.69. The maximum Gasteiger partial charge on any atom is 0.182 e. The average molecular weight is 374 g/mol. The quantitative estimate of drug-likeness (QED) is 0.714. The van der Waals surface area contributed by atoms with Crippen LogP contribution in [-0.4, -0.2) is 46.8 Å². The molecule has 0 amide bonds. The summed E-state index contributed by atoms with van der Waals surface area (Å²) in [5, 5.41) is 4.18. The molecule has 1 aliphatic rings. The molecule has 4 rings (SSSR count). The Morgan fingerprint density at radius 3 is 2.92 bits per heavy atom. The van der Waals surface area contributed by atoms with E-state index in [4.69, 9.17) is 21.1 Å². The third-order valence-corrected chi connectivity index (χ3v) is 5.24. The molecule has 0 aliphatic carbocycles. The SMILES string of the molecule is COc1ccc(Cl)cc1C1(CNc2ncnc3nc[nH]c23)CCOCC1. The molecule has 0 atom stereocenters. The van der Waals surface area contributed by atoms with E-state index in [9.17, 15) is 0 Å². The monoisotopic (exact) mass is 373 g/mol. The minimum Gasteiger partial charge on any atom is -0.496 e. The van der Waals surface area contributed by atoms with Crippen molar-refractivity contribution in [3.05, 3.63) is 41.4 Å². The van der Waals surface area contributed by atoms with Crippen LogP contribution in [0.4, 0.5) is 5.82 Å². The fourth-order valence-electron chi connectivity index (χ4n) is 3.55. The molecule has 1 saturated heterocycles. The number of aromatic nitrogens is 4. The van der Waals surface area contributed by atoms with Crippen LogP contribution in [0.5, 0.6) is 5.75 Å². The van der Waals surface area contributed by atoms with Crippen LogP contribution >= 0.6 is 11.6 Å². The molecule has 7 nitrogen and oxygen atoms in total. The maximum absolute atomic E-state index is 6.29. The second-order valence-corrected chi connectivity index (χ2v) is 6.85. The van der Waals surface area contributed by atoms with Gasteiger partial charge in [0, 0.05) is 35.8 Å². The summed E-state index contributed by atoms with van der Waals surface area (Å²) in [5.74, 6) is 1.58. The zero-order valence-corrected chi connectivity index (χ0v) is 15.2. The third kappa shape index (κ3) is 3.08. The molecule has 26 heavy (non-hydrogen) atoms. The molecule has 0 saturated carbocycles. The summed E-state index contributed by atoms with van der Waals surface area (Å²) in [6.07, 6.45) is 4.87. The van der Waals surface area contributed by atoms with Crippen molar-refractivity contribution >= 4 is 28.6 Å². The van der Waals surface area contributed by atoms with Gasteiger partial charge in [0.2, 0.25) is 0 Å². The number of benzene rings is 1. The molecule has 2 N–H and O–H groups in total. The number of nitrogens with one attached hydrogen (secondary N) is 2. The number of aromatic amines is 1. The molecule has 3 aromatic rings. The zero-order chi connectivity index (χ0) is 18.0. The van der Waals surface area contributed by atoms with Gasteiger partial charge in [-0.15, -0.1) is 0 Å². The first-order valence-corrected chi connectivity index (χ1v) is 8.89. The summed E-state index contributed by atoms with van der Waals surface area (Å²) in [6.45, 7) is 2.07. The van der Waals surface area contributed by atoms with Gasteiger partial charge < -0.3 is 19.8 Å². The number of rotatable bonds is 5. The van der Waals surface area contributed by atoms with Crippen LogP contribution in [-0.2, 0) is 10.2 Å². The van der Waals surface area contributed by atoms with E-state index in [0.717, 1.165) is 35.5 Å². The first-order chi connectivity index (χ1) is 12.7. The second-order valence-electron chi connectivity index (χ2n) is 6.41. The number of ether oxygens (including phenoxy) is 2. The summed E-state index contributed by atoms with van der Waals surface area (Å²) >= 11 is 6.29. The average Bonchev–Trinajstić information content (AvgIpc) is 3.16. The molecule has 0 unspecified atom stereocenters. The minimum atomic E-state index is -0.161. The molecule has 0 radical (unpaired) electrons. The Morgan fingerprint density at radius 1 is 1.27 bits per heavy atom. The number of methoxy groups -OCH3 is 1. The molecule has 136 valence electrons. The molecule has 1 aromatic carbocycles. The Labute approximate surface area is 156 Å². The highest BCUT2D eigenvalue weighted by Gasteiger charge is 2.37. The van der Waals surface area contributed by atoms with Crippen molar-refractivity contribution in [3.63, 3.8) is 0 Å². The standard InChI is InChI=1S/C18H20ClN5O2/c1-25-14-3-2-12(19)8-13(14)18(4-6-26-7-5-18)9-20-16-15-17(22-10-21-15)24-11-23-16/h2-3,8,10-11H,4-7,9H2,1H3,(H2,20,21,22,23,24). The highest BCUT2D eigenvalue weighted by atomic mass is 35.5. The molecular weight excluding hydrogens is 354 g/mol. The lowest BCUT2D eigenvalue weighted by Gasteiger charge is -2.38. The first kappa shape index (κ1) is 17.1. The van der Waals surface area contributed by atoms with E-state index in [1.807, 2.05) is 18.2 Å². The van der Waals surface area contributed by atoms with E-state index in [0.29, 0.717) is 30.4 Å². The van der Waals surface area contributed by atoms with Crippen molar-refractivity contribution in [2.75, 3.05) is 32.2 Å². The second kappa shape index (κ2) is 7.09. The van der Waals surface area contributed by atoms with Gasteiger partial charge in [0.1, 0.15) is 17.6 Å². The van der Waals surface area contributed by atoms with E-state index in [1.54, 1.807) is 13.4 Å². The van der Waals surface area contributed by atoms with Gasteiger partial charge in [-0.25, -0.2) is 15.0 Å². The van der Waals surface area contributed by atoms with E-state index in [2.05, 4.69) is 25.3 Å². The molecule has 2 aromatic heterocycles. The predicted octanol–water partition coefficient (Wildman–Crippen LogP) is 3.18. The Hall–Kier alpha value is -2.38. The fourth-order valence-corrected chi connectivity index (χ4v) is 3.72. The van der Waals surface area contributed by atoms with Gasteiger partial charge >= 0.3 is 0 Å². The van der Waals surface area contributed by atoms with Crippen molar-refractivity contribution in [2.45, 2.75) is 18.3 Å². The summed E-state index contributed by atoms with van der Waals surface area (Å²) in [6, 6.07) is 5.77. The lowest BCUT2D eigenvalue weighted by molar-refractivity contribution is 0.0535. The van der Waals surface area contributed by atoms with Crippen molar-refractivity contribution in [3.8, 4) is 5.75 Å². The van der Waals surface area contributed by atoms with Gasteiger partial charge in [-0.05, 0) is 31.0 Å². The lowest BCUT2D eigenvalue weighted by Crippen LogP contribution is -2.40. The van der Waals surface area contributed by atoms with Crippen molar-refractivity contribution in [1.29, 1.82) is 0 Å². The number of halogens is 1. The summed E-state index contributed by atoms with van der Waals surface area (Å²) in [4.78, 5) is 15.8. The zero-order valence-electron chi connectivity index (χ0n) is 14.5. The van der Waals surface area contributed by atoms with Gasteiger partial charge in [-0.1, -0.05) is 11.6 Å². The van der Waals surface area contributed by atoms with Gasteiger partial charge in [0.25, 0.3) is 0 Å². The number of H-pyrrole nitrogens is 1. The Balaban J connectivity index is 1.69. The highest BCUT2D eigenvalue weighted by molar-refractivity contribution is 6.30. The lowest BCUT2D eigenvalue weighted by atomic mass is 9.73. The molecule has 8 heteroatoms. The van der Waals surface area contributed by atoms with Crippen LogP contribution in [0, 0.1) is 0 Å². The van der Waals surface area contributed by atoms with Crippen molar-refractivity contribution in [2.24, 2.45) is 0 Å². The largest absolute Gasteiger partial charge is 0.496 e. The topological polar surface area (TPSA) is 85.0 Å². The van der Waals surface area contributed by atoms with Gasteiger partial charge in [0.15, 0.2) is 11.5 Å². The van der Waals surface area contributed by atoms with Gasteiger partial charge in [0.05, 0.1) is 13.4 Å². The Kier molecular flexibility index (Phi) is 4.65. The van der Waals surface area contributed by atoms with E-state index in [1.165, 1.54) is 6.33 Å². The summed E-state index contributed by atoms with van der Waals surface area (Å²) in [5.41, 5.74) is 2.38. The third-order valence-electron chi connectivity index (χ3n) is 5.00. The molecule has 0 bridgehead atoms.